The highest BCUT2D eigenvalue weighted by atomic mass is 16.1. The lowest BCUT2D eigenvalue weighted by Gasteiger charge is -2.24. The van der Waals surface area contributed by atoms with Gasteiger partial charge in [0.2, 0.25) is 11.4 Å². The lowest BCUT2D eigenvalue weighted by molar-refractivity contribution is -0.115. The topological polar surface area (TPSA) is 49.3 Å². The lowest BCUT2D eigenvalue weighted by atomic mass is 9.90. The second-order valence-corrected chi connectivity index (χ2v) is 11.5. The van der Waals surface area contributed by atoms with Crippen LogP contribution in [0.1, 0.15) is 88.7 Å². The van der Waals surface area contributed by atoms with E-state index in [0.717, 1.165) is 39.8 Å². The fourth-order valence-corrected chi connectivity index (χ4v) is 5.58. The van der Waals surface area contributed by atoms with Crippen LogP contribution in [0.15, 0.2) is 11.4 Å². The number of rotatable bonds is 9. The molecule has 0 saturated carbocycles. The van der Waals surface area contributed by atoms with Crippen molar-refractivity contribution >= 4 is 35.1 Å². The van der Waals surface area contributed by atoms with Crippen LogP contribution in [0.25, 0.3) is 21.8 Å². The molecule has 0 unspecified atom stereocenters. The van der Waals surface area contributed by atoms with Gasteiger partial charge in [-0.05, 0) is 130 Å². The van der Waals surface area contributed by atoms with Crippen molar-refractivity contribution in [2.24, 2.45) is 0 Å². The fraction of sp³-hybridized carbons (Fsp3) is 0.459. The Morgan fingerprint density at radius 2 is 0.884 bits per heavy atom. The van der Waals surface area contributed by atoms with Gasteiger partial charge in [0.05, 0.1) is 13.1 Å². The lowest BCUT2D eigenvalue weighted by Crippen LogP contribution is -2.14. The summed E-state index contributed by atoms with van der Waals surface area (Å²) in [6, 6.07) is 0. The Morgan fingerprint density at radius 3 is 1.12 bits per heavy atom. The number of benzene rings is 2. The number of Topliss-reactive ketones (excluding diaryl/α,β-unsaturated/α-hetero) is 2. The Kier molecular flexibility index (Phi) is 13.6. The molecule has 6 nitrogen and oxygen atoms in total. The van der Waals surface area contributed by atoms with Crippen molar-refractivity contribution in [1.29, 1.82) is 0 Å². The van der Waals surface area contributed by atoms with E-state index in [1.54, 1.807) is 19.1 Å². The molecular weight excluding hydrogens is 532 g/mol. The van der Waals surface area contributed by atoms with Gasteiger partial charge >= 0.3 is 0 Å². The molecule has 43 heavy (non-hydrogen) atoms. The Bertz CT molecular complexity index is 1480. The molecule has 0 aliphatic heterocycles. The molecule has 0 atom stereocenters. The van der Waals surface area contributed by atoms with Gasteiger partial charge in [-0.15, -0.1) is 0 Å². The summed E-state index contributed by atoms with van der Waals surface area (Å²) >= 11 is 0. The molecule has 0 bridgehead atoms. The number of hydrogen-bond acceptors (Lipinski definition) is 4. The maximum Gasteiger partial charge on any atom is 0.229 e. The number of nitrogens with zero attached hydrogens (tertiary/aromatic N) is 4. The molecular formula is C37H50N4O2. The van der Waals surface area contributed by atoms with Gasteiger partial charge in [0.15, 0.2) is 11.6 Å². The average Bonchev–Trinajstić information content (AvgIpc) is 2.95. The molecule has 0 heterocycles. The van der Waals surface area contributed by atoms with E-state index in [-0.39, 0.29) is 23.0 Å². The Morgan fingerprint density at radius 1 is 0.581 bits per heavy atom. The minimum Gasteiger partial charge on any atom is -0.377 e. The third-order valence-corrected chi connectivity index (χ3v) is 8.35. The van der Waals surface area contributed by atoms with Crippen molar-refractivity contribution < 1.29 is 9.59 Å². The SMILES string of the molecule is [C-]#[N+]/C(=C\c1c(C)c(C)c(N(C)C)c(C)c1C)C(=O)CC.[C-]#[N+]/C(=C\c1c(C)c(C)c(N(C)C)c(C)c1C)C(=O)CCC. The van der Waals surface area contributed by atoms with Gasteiger partial charge in [-0.1, -0.05) is 20.3 Å². The first-order valence-corrected chi connectivity index (χ1v) is 14.8. The second kappa shape index (κ2) is 15.9. The van der Waals surface area contributed by atoms with Crippen LogP contribution in [-0.2, 0) is 9.59 Å². The number of allylic oxidation sites excluding steroid dienone is 2. The minimum absolute atomic E-state index is 0.0664. The summed E-state index contributed by atoms with van der Waals surface area (Å²) < 4.78 is 0. The molecule has 0 aliphatic carbocycles. The van der Waals surface area contributed by atoms with Gasteiger partial charge in [-0.3, -0.25) is 0 Å². The zero-order valence-corrected chi connectivity index (χ0v) is 28.9. The highest BCUT2D eigenvalue weighted by Crippen LogP contribution is 2.35. The Hall–Kier alpha value is -4.16. The highest BCUT2D eigenvalue weighted by Gasteiger charge is 2.18. The molecule has 0 radical (unpaired) electrons. The zero-order valence-electron chi connectivity index (χ0n) is 28.9. The van der Waals surface area contributed by atoms with E-state index in [1.165, 1.54) is 33.6 Å². The predicted octanol–water partition coefficient (Wildman–Crippen LogP) is 8.84. The summed E-state index contributed by atoms with van der Waals surface area (Å²) in [6.07, 6.45) is 5.08. The van der Waals surface area contributed by atoms with E-state index in [2.05, 4.69) is 74.9 Å². The molecule has 0 N–H and O–H groups in total. The van der Waals surface area contributed by atoms with E-state index in [1.807, 2.05) is 35.1 Å². The van der Waals surface area contributed by atoms with Crippen molar-refractivity contribution in [2.45, 2.75) is 88.5 Å². The van der Waals surface area contributed by atoms with E-state index in [4.69, 9.17) is 13.1 Å². The average molecular weight is 583 g/mol. The molecule has 0 spiro atoms. The minimum atomic E-state index is -0.101. The molecule has 2 rings (SSSR count). The van der Waals surface area contributed by atoms with Gasteiger partial charge < -0.3 is 19.4 Å². The van der Waals surface area contributed by atoms with Crippen LogP contribution in [0.4, 0.5) is 11.4 Å². The summed E-state index contributed by atoms with van der Waals surface area (Å²) in [5.41, 5.74) is 14.2. The normalized spacial score (nSPS) is 11.3. The van der Waals surface area contributed by atoms with Gasteiger partial charge in [0.1, 0.15) is 0 Å². The van der Waals surface area contributed by atoms with Crippen LogP contribution in [-0.4, -0.2) is 39.8 Å². The summed E-state index contributed by atoms with van der Waals surface area (Å²) in [5, 5.41) is 0. The first-order valence-electron chi connectivity index (χ1n) is 14.8. The van der Waals surface area contributed by atoms with Crippen LogP contribution >= 0.6 is 0 Å². The summed E-state index contributed by atoms with van der Waals surface area (Å²) in [6.45, 7) is 34.9. The summed E-state index contributed by atoms with van der Waals surface area (Å²) in [4.78, 5) is 35.0. The van der Waals surface area contributed by atoms with Gasteiger partial charge in [-0.2, -0.15) is 0 Å². The van der Waals surface area contributed by atoms with Crippen molar-refractivity contribution in [2.75, 3.05) is 38.0 Å². The number of carbonyl (C=O) groups excluding carboxylic acids is 2. The number of hydrogen-bond donors (Lipinski definition) is 0. The maximum absolute atomic E-state index is 12.1. The highest BCUT2D eigenvalue weighted by molar-refractivity contribution is 6.02. The van der Waals surface area contributed by atoms with Crippen LogP contribution in [0.5, 0.6) is 0 Å². The van der Waals surface area contributed by atoms with Crippen molar-refractivity contribution in [1.82, 2.24) is 0 Å². The van der Waals surface area contributed by atoms with E-state index in [0.29, 0.717) is 12.8 Å². The predicted molar refractivity (Wildman–Crippen MR) is 184 cm³/mol. The number of anilines is 2. The summed E-state index contributed by atoms with van der Waals surface area (Å²) in [5.74, 6) is -0.168. The van der Waals surface area contributed by atoms with Crippen molar-refractivity contribution in [3.05, 3.63) is 89.9 Å². The third kappa shape index (κ3) is 8.23. The Labute approximate surface area is 260 Å². The maximum atomic E-state index is 12.1. The van der Waals surface area contributed by atoms with Gasteiger partial charge in [0, 0.05) is 46.0 Å². The van der Waals surface area contributed by atoms with Crippen LogP contribution < -0.4 is 9.80 Å². The quantitative estimate of drug-likeness (QED) is 0.219. The molecule has 0 fully saturated rings. The number of ketones is 2. The van der Waals surface area contributed by atoms with E-state index in [9.17, 15) is 9.59 Å². The first-order chi connectivity index (χ1) is 20.0. The largest absolute Gasteiger partial charge is 0.377 e. The van der Waals surface area contributed by atoms with Crippen LogP contribution in [0.2, 0.25) is 0 Å². The fourth-order valence-electron chi connectivity index (χ4n) is 5.58. The third-order valence-electron chi connectivity index (χ3n) is 8.35. The molecule has 2 aromatic rings. The zero-order chi connectivity index (χ0) is 33.3. The van der Waals surface area contributed by atoms with E-state index >= 15 is 0 Å². The Balaban J connectivity index is 0.000000430. The molecule has 0 amide bonds. The smallest absolute Gasteiger partial charge is 0.229 e. The van der Waals surface area contributed by atoms with Crippen LogP contribution in [0, 0.1) is 68.5 Å². The van der Waals surface area contributed by atoms with Crippen LogP contribution in [0.3, 0.4) is 0 Å². The monoisotopic (exact) mass is 582 g/mol. The molecule has 0 aromatic heterocycles. The van der Waals surface area contributed by atoms with Crippen molar-refractivity contribution in [3.63, 3.8) is 0 Å². The van der Waals surface area contributed by atoms with Crippen molar-refractivity contribution in [3.8, 4) is 0 Å². The van der Waals surface area contributed by atoms with E-state index < -0.39 is 0 Å². The van der Waals surface area contributed by atoms with Gasteiger partial charge in [0.25, 0.3) is 0 Å². The molecule has 6 heteroatoms. The summed E-state index contributed by atoms with van der Waals surface area (Å²) in [7, 11) is 8.15. The standard InChI is InChI=1S/C19H26N2O.C18H24N2O/c1-9-10-18(22)17(20-6)11-16-12(2)14(4)19(21(7)8)15(5)13(16)3;1-9-17(21)16(19-6)10-15-11(2)13(4)18(20(7)8)14(5)12(15)3/h11H,9-10H2,1-5,7-8H3;10H,9H2,1-5,7-8H3/b17-11-;16-10-. The molecule has 0 aliphatic rings. The molecule has 2 aromatic carbocycles. The second-order valence-electron chi connectivity index (χ2n) is 11.5. The first kappa shape index (κ1) is 36.9. The molecule has 0 saturated heterocycles. The number of carbonyl (C=O) groups is 2. The van der Waals surface area contributed by atoms with Gasteiger partial charge in [-0.25, -0.2) is 9.69 Å². The molecule has 230 valence electrons.